The quantitative estimate of drug-likeness (QED) is 0.604. The van der Waals surface area contributed by atoms with Crippen molar-refractivity contribution in [2.45, 2.75) is 58.3 Å². The summed E-state index contributed by atoms with van der Waals surface area (Å²) in [5.74, 6) is -2.36. The van der Waals surface area contributed by atoms with Crippen LogP contribution in [0.5, 0.6) is 0 Å². The van der Waals surface area contributed by atoms with E-state index in [1.54, 1.807) is 27.7 Å². The fourth-order valence-electron chi connectivity index (χ4n) is 4.17. The van der Waals surface area contributed by atoms with E-state index in [0.717, 1.165) is 0 Å². The van der Waals surface area contributed by atoms with Gasteiger partial charge in [0.1, 0.15) is 12.2 Å². The first kappa shape index (κ1) is 17.9. The number of carbonyl (C=O) groups is 3. The summed E-state index contributed by atoms with van der Waals surface area (Å²) >= 11 is 0. The first-order chi connectivity index (χ1) is 11.5. The predicted molar refractivity (Wildman–Crippen MR) is 88.3 cm³/mol. The second-order valence-corrected chi connectivity index (χ2v) is 7.83. The number of rotatable bonds is 2. The molecule has 1 heterocycles. The van der Waals surface area contributed by atoms with Gasteiger partial charge in [-0.25, -0.2) is 4.79 Å². The molecule has 2 fully saturated rings. The molecular weight excluding hydrogens is 324 g/mol. The average molecular weight is 348 g/mol. The number of hydrogen-bond donors (Lipinski definition) is 1. The number of esters is 2. The van der Waals surface area contributed by atoms with Crippen LogP contribution in [0.3, 0.4) is 0 Å². The van der Waals surface area contributed by atoms with Crippen molar-refractivity contribution < 1.29 is 29.0 Å². The number of Topliss-reactive ketones (excluding diaryl/α,β-unsaturated/α-hetero) is 1. The van der Waals surface area contributed by atoms with Crippen LogP contribution >= 0.6 is 0 Å². The van der Waals surface area contributed by atoms with Crippen LogP contribution in [0.25, 0.3) is 0 Å². The third kappa shape index (κ3) is 2.72. The highest BCUT2D eigenvalue weighted by Gasteiger charge is 2.58. The van der Waals surface area contributed by atoms with Gasteiger partial charge in [0.15, 0.2) is 5.78 Å². The minimum absolute atomic E-state index is 0.0507. The minimum atomic E-state index is -1.25. The van der Waals surface area contributed by atoms with Crippen molar-refractivity contribution >= 4 is 17.7 Å². The number of hydrogen-bond acceptors (Lipinski definition) is 6. The van der Waals surface area contributed by atoms with Gasteiger partial charge in [0.25, 0.3) is 0 Å². The van der Waals surface area contributed by atoms with Gasteiger partial charge >= 0.3 is 11.9 Å². The lowest BCUT2D eigenvalue weighted by Crippen LogP contribution is -2.40. The molecule has 0 spiro atoms. The minimum Gasteiger partial charge on any atom is -0.461 e. The van der Waals surface area contributed by atoms with Crippen molar-refractivity contribution in [2.75, 3.05) is 0 Å². The molecule has 1 N–H and O–H groups in total. The molecule has 25 heavy (non-hydrogen) atoms. The van der Waals surface area contributed by atoms with Gasteiger partial charge in [-0.15, -0.1) is 0 Å². The maximum absolute atomic E-state index is 12.2. The summed E-state index contributed by atoms with van der Waals surface area (Å²) in [5, 5.41) is 11.0. The molecule has 0 amide bonds. The van der Waals surface area contributed by atoms with Crippen molar-refractivity contribution in [1.29, 1.82) is 0 Å². The smallest absolute Gasteiger partial charge is 0.334 e. The van der Waals surface area contributed by atoms with Crippen LogP contribution < -0.4 is 0 Å². The third-order valence-corrected chi connectivity index (χ3v) is 5.65. The fourth-order valence-corrected chi connectivity index (χ4v) is 4.17. The molecule has 6 heteroatoms. The number of aliphatic hydroxyl groups is 1. The zero-order valence-corrected chi connectivity index (χ0v) is 15.0. The Hall–Kier alpha value is -1.95. The standard InChI is InChI=1S/C19H24O6/c1-8(2)17(21)24-13-7-19(5,23)11-6-12(20)9(3)14(11)16-15(13)10(4)18(22)25-16/h8,11,13,15-16,23H,4,6-7H2,1-3,5H3/t11-,13-,15-,16-,19-/m1/s1. The molecule has 0 aromatic heterocycles. The van der Waals surface area contributed by atoms with Crippen molar-refractivity contribution in [3.05, 3.63) is 23.3 Å². The molecule has 136 valence electrons. The Balaban J connectivity index is 2.08. The second-order valence-electron chi connectivity index (χ2n) is 7.83. The van der Waals surface area contributed by atoms with E-state index < -0.39 is 41.6 Å². The van der Waals surface area contributed by atoms with Crippen molar-refractivity contribution in [3.8, 4) is 0 Å². The monoisotopic (exact) mass is 348 g/mol. The molecule has 0 bridgehead atoms. The van der Waals surface area contributed by atoms with E-state index in [0.29, 0.717) is 11.1 Å². The molecule has 0 aromatic rings. The van der Waals surface area contributed by atoms with Crippen molar-refractivity contribution in [3.63, 3.8) is 0 Å². The summed E-state index contributed by atoms with van der Waals surface area (Å²) in [7, 11) is 0. The summed E-state index contributed by atoms with van der Waals surface area (Å²) in [4.78, 5) is 36.5. The van der Waals surface area contributed by atoms with Crippen LogP contribution in [-0.4, -0.2) is 40.6 Å². The highest BCUT2D eigenvalue weighted by Crippen LogP contribution is 2.51. The SMILES string of the molecule is C=C1C(=O)O[C@@H]2C3=C(C)C(=O)C[C@H]3[C@](C)(O)C[C@@H](OC(=O)C(C)C)[C@@H]12. The number of carbonyl (C=O) groups excluding carboxylic acids is 3. The molecule has 5 atom stereocenters. The van der Waals surface area contributed by atoms with Gasteiger partial charge in [-0.05, 0) is 25.0 Å². The Morgan fingerprint density at radius 1 is 1.40 bits per heavy atom. The Labute approximate surface area is 146 Å². The van der Waals surface area contributed by atoms with Gasteiger partial charge < -0.3 is 14.6 Å². The number of allylic oxidation sites excluding steroid dienone is 1. The maximum atomic E-state index is 12.2. The Morgan fingerprint density at radius 3 is 2.64 bits per heavy atom. The van der Waals surface area contributed by atoms with Gasteiger partial charge in [0.2, 0.25) is 0 Å². The first-order valence-corrected chi connectivity index (χ1v) is 8.61. The second kappa shape index (κ2) is 5.80. The van der Waals surface area contributed by atoms with Gasteiger partial charge in [-0.1, -0.05) is 20.4 Å². The molecule has 1 saturated carbocycles. The third-order valence-electron chi connectivity index (χ3n) is 5.65. The predicted octanol–water partition coefficient (Wildman–Crippen LogP) is 1.71. The van der Waals surface area contributed by atoms with Crippen LogP contribution in [0.15, 0.2) is 23.3 Å². The average Bonchev–Trinajstić information content (AvgIpc) is 2.93. The van der Waals surface area contributed by atoms with E-state index in [4.69, 9.17) is 9.47 Å². The summed E-state index contributed by atoms with van der Waals surface area (Å²) in [6, 6.07) is 0. The van der Waals surface area contributed by atoms with E-state index in [9.17, 15) is 19.5 Å². The lowest BCUT2D eigenvalue weighted by atomic mass is 9.81. The van der Waals surface area contributed by atoms with Crippen LogP contribution in [0.1, 0.15) is 40.5 Å². The highest BCUT2D eigenvalue weighted by atomic mass is 16.6. The molecule has 2 aliphatic carbocycles. The molecule has 1 aliphatic heterocycles. The molecule has 1 saturated heterocycles. The van der Waals surface area contributed by atoms with E-state index in [1.807, 2.05) is 0 Å². The molecule has 0 radical (unpaired) electrons. The zero-order chi connectivity index (χ0) is 18.7. The topological polar surface area (TPSA) is 89.9 Å². The molecule has 0 aromatic carbocycles. The van der Waals surface area contributed by atoms with Crippen molar-refractivity contribution in [1.82, 2.24) is 0 Å². The molecule has 0 unspecified atom stereocenters. The van der Waals surface area contributed by atoms with Crippen LogP contribution in [0.4, 0.5) is 0 Å². The largest absolute Gasteiger partial charge is 0.461 e. The summed E-state index contributed by atoms with van der Waals surface area (Å²) in [6.07, 6.45) is -1.14. The normalized spacial score (nSPS) is 37.8. The van der Waals surface area contributed by atoms with E-state index in [-0.39, 0.29) is 30.1 Å². The van der Waals surface area contributed by atoms with Gasteiger partial charge in [0.05, 0.1) is 17.4 Å². The summed E-state index contributed by atoms with van der Waals surface area (Å²) in [6.45, 7) is 10.6. The Bertz CT molecular complexity index is 699. The molecule has 3 rings (SSSR count). The van der Waals surface area contributed by atoms with E-state index in [2.05, 4.69) is 6.58 Å². The maximum Gasteiger partial charge on any atom is 0.334 e. The van der Waals surface area contributed by atoms with Crippen molar-refractivity contribution in [2.24, 2.45) is 17.8 Å². The zero-order valence-electron chi connectivity index (χ0n) is 15.0. The Kier molecular flexibility index (Phi) is 4.14. The fraction of sp³-hybridized carbons (Fsp3) is 0.632. The summed E-state index contributed by atoms with van der Waals surface area (Å²) in [5.41, 5.74) is 0.151. The molecular formula is C19H24O6. The number of fused-ring (bicyclic) bond motifs is 3. The lowest BCUT2D eigenvalue weighted by Gasteiger charge is -2.32. The first-order valence-electron chi connectivity index (χ1n) is 8.61. The van der Waals surface area contributed by atoms with E-state index >= 15 is 0 Å². The van der Waals surface area contributed by atoms with Crippen LogP contribution in [-0.2, 0) is 23.9 Å². The molecule has 6 nitrogen and oxygen atoms in total. The Morgan fingerprint density at radius 2 is 2.04 bits per heavy atom. The van der Waals surface area contributed by atoms with Crippen LogP contribution in [0.2, 0.25) is 0 Å². The van der Waals surface area contributed by atoms with Gasteiger partial charge in [0, 0.05) is 24.3 Å². The lowest BCUT2D eigenvalue weighted by molar-refractivity contribution is -0.159. The number of ether oxygens (including phenoxy) is 2. The number of ketones is 1. The highest BCUT2D eigenvalue weighted by molar-refractivity contribution is 6.00. The van der Waals surface area contributed by atoms with Gasteiger partial charge in [-0.3, -0.25) is 9.59 Å². The van der Waals surface area contributed by atoms with Gasteiger partial charge in [-0.2, -0.15) is 0 Å². The van der Waals surface area contributed by atoms with Crippen LogP contribution in [0, 0.1) is 17.8 Å². The molecule has 3 aliphatic rings. The van der Waals surface area contributed by atoms with E-state index in [1.165, 1.54) is 0 Å². The summed E-state index contributed by atoms with van der Waals surface area (Å²) < 4.78 is 11.1.